The average molecular weight is 437 g/mol. The van der Waals surface area contributed by atoms with Gasteiger partial charge in [0.2, 0.25) is 0 Å². The van der Waals surface area contributed by atoms with Gasteiger partial charge in [-0.25, -0.2) is 4.98 Å². The summed E-state index contributed by atoms with van der Waals surface area (Å²) in [5.74, 6) is 1.32. The number of ether oxygens (including phenoxy) is 2. The highest BCUT2D eigenvalue weighted by atomic mass is 32.1. The topological polar surface area (TPSA) is 51.7 Å². The molecule has 31 heavy (non-hydrogen) atoms. The van der Waals surface area contributed by atoms with Gasteiger partial charge in [0.25, 0.3) is 5.91 Å². The molecule has 1 aromatic heterocycles. The van der Waals surface area contributed by atoms with Crippen LogP contribution in [-0.2, 0) is 13.2 Å². The first-order chi connectivity index (χ1) is 14.9. The number of methoxy groups -OCH3 is 1. The minimum Gasteiger partial charge on any atom is -0.496 e. The Hall–Kier alpha value is -3.12. The average Bonchev–Trinajstić information content (AvgIpc) is 3.21. The van der Waals surface area contributed by atoms with Crippen molar-refractivity contribution < 1.29 is 14.3 Å². The SMILES string of the molecule is C=CCN(Cc1csc(COc2cc(C)cc(C)c2C)n1)C(=O)c1ccccc1OC. The molecule has 6 heteroatoms. The van der Waals surface area contributed by atoms with E-state index < -0.39 is 0 Å². The summed E-state index contributed by atoms with van der Waals surface area (Å²) in [5, 5.41) is 2.84. The number of benzene rings is 2. The van der Waals surface area contributed by atoms with E-state index in [0.717, 1.165) is 22.0 Å². The largest absolute Gasteiger partial charge is 0.496 e. The molecule has 162 valence electrons. The number of hydrogen-bond donors (Lipinski definition) is 0. The second-order valence-corrected chi connectivity index (χ2v) is 8.34. The maximum Gasteiger partial charge on any atom is 0.258 e. The summed E-state index contributed by atoms with van der Waals surface area (Å²) >= 11 is 1.53. The van der Waals surface area contributed by atoms with Crippen LogP contribution < -0.4 is 9.47 Å². The molecule has 0 saturated carbocycles. The van der Waals surface area contributed by atoms with Crippen LogP contribution in [0.2, 0.25) is 0 Å². The monoisotopic (exact) mass is 436 g/mol. The fourth-order valence-corrected chi connectivity index (χ4v) is 4.04. The van der Waals surface area contributed by atoms with Crippen molar-refractivity contribution in [1.29, 1.82) is 0 Å². The first kappa shape index (κ1) is 22.6. The summed E-state index contributed by atoms with van der Waals surface area (Å²) < 4.78 is 11.4. The van der Waals surface area contributed by atoms with Crippen molar-refractivity contribution in [3.05, 3.63) is 87.4 Å². The molecule has 0 fully saturated rings. The Balaban J connectivity index is 1.70. The molecule has 0 aliphatic heterocycles. The number of aryl methyl sites for hydroxylation is 2. The van der Waals surface area contributed by atoms with E-state index in [1.807, 2.05) is 17.5 Å². The minimum absolute atomic E-state index is 0.117. The van der Waals surface area contributed by atoms with Crippen molar-refractivity contribution in [3.8, 4) is 11.5 Å². The van der Waals surface area contributed by atoms with Crippen molar-refractivity contribution in [2.75, 3.05) is 13.7 Å². The molecule has 0 bridgehead atoms. The molecule has 0 N–H and O–H groups in total. The standard InChI is InChI=1S/C25H28N2O3S/c1-6-11-27(25(28)21-9-7-8-10-22(21)29-5)14-20-16-31-24(26-20)15-30-23-13-17(2)12-18(3)19(23)4/h6-10,12-13,16H,1,11,14-15H2,2-5H3. The number of thiazole rings is 1. The third-order valence-electron chi connectivity index (χ3n) is 5.04. The Morgan fingerprint density at radius 3 is 2.71 bits per heavy atom. The van der Waals surface area contributed by atoms with Crippen molar-refractivity contribution >= 4 is 17.2 Å². The van der Waals surface area contributed by atoms with Gasteiger partial charge in [0.1, 0.15) is 23.1 Å². The Morgan fingerprint density at radius 2 is 1.97 bits per heavy atom. The Kier molecular flexibility index (Phi) is 7.47. The molecule has 1 heterocycles. The lowest BCUT2D eigenvalue weighted by Gasteiger charge is -2.21. The summed E-state index contributed by atoms with van der Waals surface area (Å²) in [4.78, 5) is 19.5. The highest BCUT2D eigenvalue weighted by Gasteiger charge is 2.20. The third kappa shape index (κ3) is 5.52. The van der Waals surface area contributed by atoms with Crippen molar-refractivity contribution in [2.24, 2.45) is 0 Å². The molecule has 0 aliphatic carbocycles. The maximum absolute atomic E-state index is 13.1. The molecule has 0 aliphatic rings. The summed E-state index contributed by atoms with van der Waals surface area (Å²) in [7, 11) is 1.56. The third-order valence-corrected chi connectivity index (χ3v) is 5.91. The van der Waals surface area contributed by atoms with E-state index in [1.54, 1.807) is 30.2 Å². The Labute approximate surface area is 188 Å². The number of rotatable bonds is 9. The maximum atomic E-state index is 13.1. The second kappa shape index (κ2) is 10.3. The number of amides is 1. The van der Waals surface area contributed by atoms with Gasteiger partial charge < -0.3 is 14.4 Å². The van der Waals surface area contributed by atoms with Gasteiger partial charge in [-0.1, -0.05) is 24.3 Å². The van der Waals surface area contributed by atoms with Crippen LogP contribution in [0.15, 0.2) is 54.4 Å². The van der Waals surface area contributed by atoms with E-state index in [2.05, 4.69) is 44.5 Å². The number of carbonyl (C=O) groups is 1. The van der Waals surface area contributed by atoms with Crippen LogP contribution in [0.25, 0.3) is 0 Å². The molecule has 1 amide bonds. The highest BCUT2D eigenvalue weighted by Crippen LogP contribution is 2.25. The molecule has 0 saturated heterocycles. The lowest BCUT2D eigenvalue weighted by atomic mass is 10.1. The van der Waals surface area contributed by atoms with E-state index in [9.17, 15) is 4.79 Å². The van der Waals surface area contributed by atoms with Crippen LogP contribution in [0.3, 0.4) is 0 Å². The summed E-state index contributed by atoms with van der Waals surface area (Å²) in [6, 6.07) is 11.4. The zero-order chi connectivity index (χ0) is 22.4. The summed E-state index contributed by atoms with van der Waals surface area (Å²) in [6.07, 6.45) is 1.71. The molecule has 0 radical (unpaired) electrons. The van der Waals surface area contributed by atoms with Crippen molar-refractivity contribution in [3.63, 3.8) is 0 Å². The van der Waals surface area contributed by atoms with Gasteiger partial charge in [-0.05, 0) is 55.7 Å². The number of aromatic nitrogens is 1. The molecule has 0 atom stereocenters. The van der Waals surface area contributed by atoms with E-state index in [-0.39, 0.29) is 5.91 Å². The van der Waals surface area contributed by atoms with Gasteiger partial charge in [0.15, 0.2) is 0 Å². The van der Waals surface area contributed by atoms with Crippen LogP contribution in [0, 0.1) is 20.8 Å². The van der Waals surface area contributed by atoms with Gasteiger partial charge in [-0.15, -0.1) is 17.9 Å². The summed E-state index contributed by atoms with van der Waals surface area (Å²) in [5.41, 5.74) is 4.88. The normalized spacial score (nSPS) is 10.6. The van der Waals surface area contributed by atoms with Crippen LogP contribution in [0.4, 0.5) is 0 Å². The molecule has 5 nitrogen and oxygen atoms in total. The van der Waals surface area contributed by atoms with Gasteiger partial charge in [0.05, 0.1) is 24.9 Å². The number of nitrogens with zero attached hydrogens (tertiary/aromatic N) is 2. The molecule has 0 spiro atoms. The van der Waals surface area contributed by atoms with Gasteiger partial charge in [-0.3, -0.25) is 4.79 Å². The minimum atomic E-state index is -0.117. The molecule has 3 rings (SSSR count). The van der Waals surface area contributed by atoms with Gasteiger partial charge in [-0.2, -0.15) is 0 Å². The van der Waals surface area contributed by atoms with Crippen LogP contribution >= 0.6 is 11.3 Å². The lowest BCUT2D eigenvalue weighted by Crippen LogP contribution is -2.31. The first-order valence-electron chi connectivity index (χ1n) is 10.1. The van der Waals surface area contributed by atoms with Crippen LogP contribution in [0.1, 0.15) is 37.7 Å². The highest BCUT2D eigenvalue weighted by molar-refractivity contribution is 7.09. The van der Waals surface area contributed by atoms with E-state index >= 15 is 0 Å². The number of carbonyl (C=O) groups excluding carboxylic acids is 1. The summed E-state index contributed by atoms with van der Waals surface area (Å²) in [6.45, 7) is 11.2. The second-order valence-electron chi connectivity index (χ2n) is 7.40. The quantitative estimate of drug-likeness (QED) is 0.417. The van der Waals surface area contributed by atoms with E-state index in [4.69, 9.17) is 9.47 Å². The van der Waals surface area contributed by atoms with E-state index in [0.29, 0.717) is 31.0 Å². The number of para-hydroxylation sites is 1. The molecule has 2 aromatic carbocycles. The fraction of sp³-hybridized carbons (Fsp3) is 0.280. The fourth-order valence-electron chi connectivity index (χ4n) is 3.34. The Bertz CT molecular complexity index is 1070. The zero-order valence-corrected chi connectivity index (χ0v) is 19.3. The predicted octanol–water partition coefficient (Wildman–Crippen LogP) is 5.48. The van der Waals surface area contributed by atoms with Crippen LogP contribution in [-0.4, -0.2) is 29.4 Å². The molecular weight excluding hydrogens is 408 g/mol. The molecule has 3 aromatic rings. The zero-order valence-electron chi connectivity index (χ0n) is 18.5. The lowest BCUT2D eigenvalue weighted by molar-refractivity contribution is 0.0757. The Morgan fingerprint density at radius 1 is 1.19 bits per heavy atom. The smallest absolute Gasteiger partial charge is 0.258 e. The molecular formula is C25H28N2O3S. The van der Waals surface area contributed by atoms with Gasteiger partial charge in [0, 0.05) is 11.9 Å². The van der Waals surface area contributed by atoms with Crippen molar-refractivity contribution in [1.82, 2.24) is 9.88 Å². The van der Waals surface area contributed by atoms with Crippen molar-refractivity contribution in [2.45, 2.75) is 33.9 Å². The van der Waals surface area contributed by atoms with Crippen LogP contribution in [0.5, 0.6) is 11.5 Å². The first-order valence-corrected chi connectivity index (χ1v) is 11.0. The van der Waals surface area contributed by atoms with Gasteiger partial charge >= 0.3 is 0 Å². The van der Waals surface area contributed by atoms with E-state index in [1.165, 1.54) is 22.5 Å². The predicted molar refractivity (Wildman–Crippen MR) is 125 cm³/mol. The molecule has 0 unspecified atom stereocenters. The number of hydrogen-bond acceptors (Lipinski definition) is 5.